The summed E-state index contributed by atoms with van der Waals surface area (Å²) in [5.74, 6) is -0.0735. The van der Waals surface area contributed by atoms with Crippen LogP contribution in [0.15, 0.2) is 50.9 Å². The molecule has 1 N–H and O–H groups in total. The van der Waals surface area contributed by atoms with Gasteiger partial charge >= 0.3 is 0 Å². The van der Waals surface area contributed by atoms with E-state index in [2.05, 4.69) is 26.5 Å². The second-order valence-electron chi connectivity index (χ2n) is 5.26. The topological polar surface area (TPSA) is 84.6 Å². The average Bonchev–Trinajstić information content (AvgIpc) is 2.57. The highest BCUT2D eigenvalue weighted by Gasteiger charge is 2.10. The molecule has 0 radical (unpaired) electrons. The smallest absolute Gasteiger partial charge is 0.272 e. The van der Waals surface area contributed by atoms with Gasteiger partial charge in [0.2, 0.25) is 5.91 Å². The van der Waals surface area contributed by atoms with Gasteiger partial charge in [0.05, 0.1) is 22.5 Å². The van der Waals surface area contributed by atoms with Crippen LogP contribution in [-0.4, -0.2) is 22.8 Å². The first kappa shape index (κ1) is 19.1. The van der Waals surface area contributed by atoms with Crippen LogP contribution in [0.3, 0.4) is 0 Å². The summed E-state index contributed by atoms with van der Waals surface area (Å²) in [5, 5.41) is 14.7. The Bertz CT molecular complexity index is 840. The second-order valence-corrected chi connectivity index (χ2v) is 7.14. The van der Waals surface area contributed by atoms with E-state index < -0.39 is 4.92 Å². The van der Waals surface area contributed by atoms with Gasteiger partial charge in [-0.3, -0.25) is 14.9 Å². The van der Waals surface area contributed by atoms with E-state index in [0.717, 1.165) is 20.5 Å². The number of nitro benzene ring substituents is 1. The number of hydrazone groups is 1. The van der Waals surface area contributed by atoms with E-state index in [-0.39, 0.29) is 17.3 Å². The summed E-state index contributed by atoms with van der Waals surface area (Å²) in [5.41, 5.74) is 4.85. The highest BCUT2D eigenvalue weighted by atomic mass is 79.9. The summed E-state index contributed by atoms with van der Waals surface area (Å²) >= 11 is 4.89. The highest BCUT2D eigenvalue weighted by molar-refractivity contribution is 9.10. The van der Waals surface area contributed by atoms with Gasteiger partial charge in [-0.2, -0.15) is 5.10 Å². The van der Waals surface area contributed by atoms with Crippen LogP contribution in [-0.2, 0) is 4.79 Å². The van der Waals surface area contributed by atoms with E-state index in [1.165, 1.54) is 24.0 Å². The lowest BCUT2D eigenvalue weighted by molar-refractivity contribution is -0.385. The summed E-state index contributed by atoms with van der Waals surface area (Å²) in [6.45, 7) is 3.97. The number of para-hydroxylation sites is 1. The molecule has 6 nitrogen and oxygen atoms in total. The third-order valence-corrected chi connectivity index (χ3v) is 5.35. The Morgan fingerprint density at radius 3 is 2.76 bits per heavy atom. The molecular weight excluding hydrogens is 406 g/mol. The number of nitrogens with zero attached hydrogens (tertiary/aromatic N) is 2. The molecule has 0 unspecified atom stereocenters. The Hall–Kier alpha value is -2.19. The SMILES string of the molecule is Cc1cc(SCC(=O)N/N=C/c2ccccc2[N+](=O)[O-])c(C)cc1Br. The summed E-state index contributed by atoms with van der Waals surface area (Å²) < 4.78 is 1.04. The minimum atomic E-state index is -0.488. The fourth-order valence-electron chi connectivity index (χ4n) is 2.02. The summed E-state index contributed by atoms with van der Waals surface area (Å²) in [7, 11) is 0. The standard InChI is InChI=1S/C17H16BrN3O3S/c1-11-8-16(12(2)7-14(11)18)25-10-17(22)20-19-9-13-5-3-4-6-15(13)21(23)24/h3-9H,10H2,1-2H3,(H,20,22)/b19-9+. The number of carbonyl (C=O) groups is 1. The van der Waals surface area contributed by atoms with Crippen molar-refractivity contribution >= 4 is 45.5 Å². The molecule has 1 amide bonds. The number of thioether (sulfide) groups is 1. The number of aryl methyl sites for hydroxylation is 2. The first-order valence-corrected chi connectivity index (χ1v) is 9.11. The van der Waals surface area contributed by atoms with Crippen LogP contribution in [0.1, 0.15) is 16.7 Å². The van der Waals surface area contributed by atoms with Crippen LogP contribution in [0, 0.1) is 24.0 Å². The predicted octanol–water partition coefficient (Wildman–Crippen LogP) is 4.22. The molecule has 0 saturated heterocycles. The summed E-state index contributed by atoms with van der Waals surface area (Å²) in [6.07, 6.45) is 1.27. The van der Waals surface area contributed by atoms with E-state index in [0.29, 0.717) is 5.56 Å². The highest BCUT2D eigenvalue weighted by Crippen LogP contribution is 2.28. The lowest BCUT2D eigenvalue weighted by atomic mass is 10.2. The van der Waals surface area contributed by atoms with Crippen LogP contribution in [0.25, 0.3) is 0 Å². The number of rotatable bonds is 6. The average molecular weight is 422 g/mol. The Morgan fingerprint density at radius 2 is 2.04 bits per heavy atom. The van der Waals surface area contributed by atoms with Crippen molar-refractivity contribution in [1.29, 1.82) is 0 Å². The van der Waals surface area contributed by atoms with Crippen molar-refractivity contribution in [1.82, 2.24) is 5.43 Å². The maximum Gasteiger partial charge on any atom is 0.278 e. The molecular formula is C17H16BrN3O3S. The number of carbonyl (C=O) groups excluding carboxylic acids is 1. The molecule has 0 saturated carbocycles. The predicted molar refractivity (Wildman–Crippen MR) is 103 cm³/mol. The van der Waals surface area contributed by atoms with E-state index in [1.54, 1.807) is 18.2 Å². The summed E-state index contributed by atoms with van der Waals surface area (Å²) in [6, 6.07) is 10.2. The molecule has 2 aromatic rings. The van der Waals surface area contributed by atoms with Crippen molar-refractivity contribution in [3.8, 4) is 0 Å². The molecule has 0 aromatic heterocycles. The molecule has 0 aliphatic rings. The minimum absolute atomic E-state index is 0.0594. The van der Waals surface area contributed by atoms with Crippen LogP contribution >= 0.6 is 27.7 Å². The van der Waals surface area contributed by atoms with Crippen LogP contribution in [0.4, 0.5) is 5.69 Å². The van der Waals surface area contributed by atoms with Gasteiger partial charge in [0, 0.05) is 15.4 Å². The monoisotopic (exact) mass is 421 g/mol. The van der Waals surface area contributed by atoms with Gasteiger partial charge < -0.3 is 0 Å². The molecule has 0 atom stereocenters. The van der Waals surface area contributed by atoms with E-state index >= 15 is 0 Å². The lowest BCUT2D eigenvalue weighted by Crippen LogP contribution is -2.19. The van der Waals surface area contributed by atoms with Crippen molar-refractivity contribution in [3.63, 3.8) is 0 Å². The molecule has 130 valence electrons. The third-order valence-electron chi connectivity index (χ3n) is 3.34. The van der Waals surface area contributed by atoms with Crippen molar-refractivity contribution in [2.24, 2.45) is 5.10 Å². The van der Waals surface area contributed by atoms with Gasteiger partial charge in [0.1, 0.15) is 0 Å². The maximum atomic E-state index is 11.9. The van der Waals surface area contributed by atoms with Gasteiger partial charge in [-0.15, -0.1) is 11.8 Å². The second kappa shape index (κ2) is 8.77. The van der Waals surface area contributed by atoms with E-state index in [1.807, 2.05) is 26.0 Å². The number of hydrogen-bond acceptors (Lipinski definition) is 5. The van der Waals surface area contributed by atoms with Crippen molar-refractivity contribution in [3.05, 3.63) is 67.7 Å². The molecule has 0 bridgehead atoms. The van der Waals surface area contributed by atoms with Crippen molar-refractivity contribution < 1.29 is 9.72 Å². The fraction of sp³-hybridized carbons (Fsp3) is 0.176. The third kappa shape index (κ3) is 5.40. The first-order chi connectivity index (χ1) is 11.9. The number of hydrogen-bond donors (Lipinski definition) is 1. The zero-order valence-corrected chi connectivity index (χ0v) is 16.1. The van der Waals surface area contributed by atoms with E-state index in [9.17, 15) is 14.9 Å². The molecule has 2 aromatic carbocycles. The van der Waals surface area contributed by atoms with Gasteiger partial charge in [-0.05, 0) is 43.2 Å². The molecule has 0 aliphatic carbocycles. The molecule has 8 heteroatoms. The first-order valence-electron chi connectivity index (χ1n) is 7.33. The normalized spacial score (nSPS) is 10.8. The zero-order chi connectivity index (χ0) is 18.4. The van der Waals surface area contributed by atoms with E-state index in [4.69, 9.17) is 0 Å². The Labute approximate surface area is 158 Å². The number of nitro groups is 1. The Morgan fingerprint density at radius 1 is 1.32 bits per heavy atom. The molecule has 2 rings (SSSR count). The fourth-order valence-corrected chi connectivity index (χ4v) is 3.38. The lowest BCUT2D eigenvalue weighted by Gasteiger charge is -2.08. The van der Waals surface area contributed by atoms with Crippen molar-refractivity contribution in [2.45, 2.75) is 18.7 Å². The van der Waals surface area contributed by atoms with Crippen LogP contribution < -0.4 is 5.43 Å². The molecule has 0 spiro atoms. The Balaban J connectivity index is 1.93. The van der Waals surface area contributed by atoms with Gasteiger partial charge in [0.15, 0.2) is 0 Å². The minimum Gasteiger partial charge on any atom is -0.272 e. The van der Waals surface area contributed by atoms with Gasteiger partial charge in [0.25, 0.3) is 5.69 Å². The number of nitrogens with one attached hydrogen (secondary N) is 1. The number of halogens is 1. The Kier molecular flexibility index (Phi) is 6.72. The largest absolute Gasteiger partial charge is 0.278 e. The molecule has 0 heterocycles. The van der Waals surface area contributed by atoms with Gasteiger partial charge in [-0.1, -0.05) is 28.1 Å². The molecule has 25 heavy (non-hydrogen) atoms. The molecule has 0 aliphatic heterocycles. The van der Waals surface area contributed by atoms with Gasteiger partial charge in [-0.25, -0.2) is 5.43 Å². The zero-order valence-electron chi connectivity index (χ0n) is 13.7. The summed E-state index contributed by atoms with van der Waals surface area (Å²) in [4.78, 5) is 23.3. The number of benzene rings is 2. The number of amides is 1. The van der Waals surface area contributed by atoms with Crippen molar-refractivity contribution in [2.75, 3.05) is 5.75 Å². The van der Waals surface area contributed by atoms with Crippen LogP contribution in [0.2, 0.25) is 0 Å². The maximum absolute atomic E-state index is 11.9. The van der Waals surface area contributed by atoms with Crippen LogP contribution in [0.5, 0.6) is 0 Å². The quantitative estimate of drug-likeness (QED) is 0.327. The molecule has 0 fully saturated rings.